The Kier molecular flexibility index (Phi) is 7.99. The van der Waals surface area contributed by atoms with Gasteiger partial charge in [0.05, 0.1) is 0 Å². The highest BCUT2D eigenvalue weighted by molar-refractivity contribution is 5.76. The Morgan fingerprint density at radius 3 is 2.80 bits per heavy atom. The van der Waals surface area contributed by atoms with E-state index >= 15 is 0 Å². The summed E-state index contributed by atoms with van der Waals surface area (Å²) in [6.07, 6.45) is 10.2. The normalized spacial score (nSPS) is 16.5. The molecule has 0 spiro atoms. The zero-order valence-electron chi connectivity index (χ0n) is 18.2. The molecule has 0 saturated carbocycles. The van der Waals surface area contributed by atoms with Gasteiger partial charge in [-0.25, -0.2) is 4.98 Å². The topological polar surface area (TPSA) is 71.3 Å². The van der Waals surface area contributed by atoms with Crippen molar-refractivity contribution in [3.63, 3.8) is 0 Å². The Morgan fingerprint density at radius 1 is 1.20 bits per heavy atom. The SMILES string of the molecule is Cc1nccn1CCC(=O)N1CCCC(CCC(=O)N(C)CCc2ccccn2)C1. The molecule has 3 heterocycles. The van der Waals surface area contributed by atoms with Crippen LogP contribution in [0.4, 0.5) is 0 Å². The number of rotatable bonds is 9. The van der Waals surface area contributed by atoms with Gasteiger partial charge in [-0.3, -0.25) is 14.6 Å². The number of pyridine rings is 1. The van der Waals surface area contributed by atoms with E-state index in [2.05, 4.69) is 9.97 Å². The number of likely N-dealkylation sites (tertiary alicyclic amines) is 1. The Labute approximate surface area is 179 Å². The molecule has 0 aliphatic carbocycles. The molecule has 1 atom stereocenters. The molecule has 1 unspecified atom stereocenters. The Hall–Kier alpha value is -2.70. The fourth-order valence-electron chi connectivity index (χ4n) is 4.01. The van der Waals surface area contributed by atoms with Crippen LogP contribution in [0.2, 0.25) is 0 Å². The summed E-state index contributed by atoms with van der Waals surface area (Å²) in [6, 6.07) is 5.85. The van der Waals surface area contributed by atoms with Crippen LogP contribution in [-0.2, 0) is 22.6 Å². The third-order valence-electron chi connectivity index (χ3n) is 5.98. The molecule has 0 radical (unpaired) electrons. The lowest BCUT2D eigenvalue weighted by Gasteiger charge is -2.33. The summed E-state index contributed by atoms with van der Waals surface area (Å²) in [5.74, 6) is 1.72. The average molecular weight is 412 g/mol. The third-order valence-corrected chi connectivity index (χ3v) is 5.98. The minimum absolute atomic E-state index is 0.171. The number of hydrogen-bond donors (Lipinski definition) is 0. The number of carbonyl (C=O) groups is 2. The molecule has 2 amide bonds. The van der Waals surface area contributed by atoms with Crippen LogP contribution in [0.15, 0.2) is 36.8 Å². The monoisotopic (exact) mass is 411 g/mol. The van der Waals surface area contributed by atoms with Gasteiger partial charge in [-0.2, -0.15) is 0 Å². The van der Waals surface area contributed by atoms with Crippen LogP contribution < -0.4 is 0 Å². The highest BCUT2D eigenvalue weighted by Gasteiger charge is 2.24. The van der Waals surface area contributed by atoms with Crippen LogP contribution in [0, 0.1) is 12.8 Å². The maximum absolute atomic E-state index is 12.6. The fraction of sp³-hybridized carbons (Fsp3) is 0.565. The molecule has 1 fully saturated rings. The van der Waals surface area contributed by atoms with Crippen LogP contribution >= 0.6 is 0 Å². The molecule has 30 heavy (non-hydrogen) atoms. The minimum atomic E-state index is 0.171. The Bertz CT molecular complexity index is 820. The molecule has 3 rings (SSSR count). The van der Waals surface area contributed by atoms with E-state index in [1.165, 1.54) is 0 Å². The van der Waals surface area contributed by atoms with Gasteiger partial charge in [0.1, 0.15) is 5.82 Å². The lowest BCUT2D eigenvalue weighted by molar-refractivity contribution is -0.133. The predicted octanol–water partition coefficient (Wildman–Crippen LogP) is 2.70. The van der Waals surface area contributed by atoms with Gasteiger partial charge in [0.15, 0.2) is 0 Å². The maximum Gasteiger partial charge on any atom is 0.224 e. The second kappa shape index (κ2) is 10.9. The van der Waals surface area contributed by atoms with E-state index in [9.17, 15) is 9.59 Å². The minimum Gasteiger partial charge on any atom is -0.345 e. The fourth-order valence-corrected chi connectivity index (χ4v) is 4.01. The molecule has 0 N–H and O–H groups in total. The van der Waals surface area contributed by atoms with E-state index < -0.39 is 0 Å². The van der Waals surface area contributed by atoms with Gasteiger partial charge in [-0.1, -0.05) is 6.07 Å². The van der Waals surface area contributed by atoms with Gasteiger partial charge < -0.3 is 14.4 Å². The van der Waals surface area contributed by atoms with Gasteiger partial charge in [-0.05, 0) is 44.2 Å². The molecule has 2 aromatic rings. The first-order chi connectivity index (χ1) is 14.5. The number of likely N-dealkylation sites (N-methyl/N-ethyl adjacent to an activating group) is 1. The number of amides is 2. The van der Waals surface area contributed by atoms with E-state index in [4.69, 9.17) is 0 Å². The van der Waals surface area contributed by atoms with Crippen molar-refractivity contribution in [1.29, 1.82) is 0 Å². The molecule has 1 saturated heterocycles. The van der Waals surface area contributed by atoms with Gasteiger partial charge in [0, 0.05) is 76.8 Å². The van der Waals surface area contributed by atoms with Crippen molar-refractivity contribution in [3.8, 4) is 0 Å². The number of nitrogens with zero attached hydrogens (tertiary/aromatic N) is 5. The third kappa shape index (κ3) is 6.40. The number of carbonyl (C=O) groups excluding carboxylic acids is 2. The standard InChI is InChI=1S/C23H33N5O2/c1-19-24-13-17-27(19)16-11-23(30)28-14-5-6-20(18-28)8-9-22(29)26(2)15-10-21-7-3-4-12-25-21/h3-4,7,12-13,17,20H,5-6,8-11,14-16,18H2,1-2H3. The summed E-state index contributed by atoms with van der Waals surface area (Å²) in [7, 11) is 1.86. The van der Waals surface area contributed by atoms with Crippen molar-refractivity contribution in [2.45, 2.75) is 52.0 Å². The molecule has 162 valence electrons. The first-order valence-electron chi connectivity index (χ1n) is 10.9. The van der Waals surface area contributed by atoms with Crippen molar-refractivity contribution < 1.29 is 9.59 Å². The van der Waals surface area contributed by atoms with Crippen LogP contribution in [-0.4, -0.2) is 62.8 Å². The largest absolute Gasteiger partial charge is 0.345 e. The maximum atomic E-state index is 12.6. The second-order valence-electron chi connectivity index (χ2n) is 8.19. The number of piperidine rings is 1. The molecule has 2 aromatic heterocycles. The first-order valence-corrected chi connectivity index (χ1v) is 10.9. The van der Waals surface area contributed by atoms with Gasteiger partial charge >= 0.3 is 0 Å². The van der Waals surface area contributed by atoms with Gasteiger partial charge in [0.25, 0.3) is 0 Å². The molecule has 0 bridgehead atoms. The summed E-state index contributed by atoms with van der Waals surface area (Å²) < 4.78 is 2.01. The quantitative estimate of drug-likeness (QED) is 0.636. The molecule has 1 aliphatic heterocycles. The molecular formula is C23H33N5O2. The van der Waals surface area contributed by atoms with Crippen molar-refractivity contribution >= 4 is 11.8 Å². The smallest absolute Gasteiger partial charge is 0.224 e. The van der Waals surface area contributed by atoms with Crippen LogP contribution in [0.1, 0.15) is 43.6 Å². The molecular weight excluding hydrogens is 378 g/mol. The van der Waals surface area contributed by atoms with E-state index in [0.29, 0.717) is 31.8 Å². The van der Waals surface area contributed by atoms with Gasteiger partial charge in [-0.15, -0.1) is 0 Å². The summed E-state index contributed by atoms with van der Waals surface area (Å²) in [6.45, 7) is 4.90. The first kappa shape index (κ1) is 22.0. The summed E-state index contributed by atoms with van der Waals surface area (Å²) in [5.41, 5.74) is 1.00. The zero-order valence-corrected chi connectivity index (χ0v) is 18.2. The van der Waals surface area contributed by atoms with Crippen molar-refractivity contribution in [3.05, 3.63) is 48.3 Å². The summed E-state index contributed by atoms with van der Waals surface area (Å²) in [4.78, 5) is 37.4. The van der Waals surface area contributed by atoms with E-state index in [1.54, 1.807) is 17.3 Å². The van der Waals surface area contributed by atoms with Crippen LogP contribution in [0.25, 0.3) is 0 Å². The Morgan fingerprint density at radius 2 is 2.07 bits per heavy atom. The van der Waals surface area contributed by atoms with Crippen molar-refractivity contribution in [2.24, 2.45) is 5.92 Å². The lowest BCUT2D eigenvalue weighted by atomic mass is 9.93. The number of imidazole rings is 1. The van der Waals surface area contributed by atoms with Crippen molar-refractivity contribution in [2.75, 3.05) is 26.7 Å². The lowest BCUT2D eigenvalue weighted by Crippen LogP contribution is -2.40. The number of hydrogen-bond acceptors (Lipinski definition) is 4. The highest BCUT2D eigenvalue weighted by atomic mass is 16.2. The summed E-state index contributed by atoms with van der Waals surface area (Å²) >= 11 is 0. The van der Waals surface area contributed by atoms with E-state index in [-0.39, 0.29) is 11.8 Å². The molecule has 1 aliphatic rings. The highest BCUT2D eigenvalue weighted by Crippen LogP contribution is 2.22. The molecule has 7 nitrogen and oxygen atoms in total. The molecule has 0 aromatic carbocycles. The number of aryl methyl sites for hydroxylation is 2. The van der Waals surface area contributed by atoms with Crippen molar-refractivity contribution in [1.82, 2.24) is 24.3 Å². The summed E-state index contributed by atoms with van der Waals surface area (Å²) in [5, 5.41) is 0. The average Bonchev–Trinajstić information content (AvgIpc) is 3.19. The van der Waals surface area contributed by atoms with E-state index in [1.807, 2.05) is 47.8 Å². The van der Waals surface area contributed by atoms with E-state index in [0.717, 1.165) is 50.3 Å². The van der Waals surface area contributed by atoms with Gasteiger partial charge in [0.2, 0.25) is 11.8 Å². The molecule has 7 heteroatoms. The number of aromatic nitrogens is 3. The second-order valence-corrected chi connectivity index (χ2v) is 8.19. The van der Waals surface area contributed by atoms with Crippen LogP contribution in [0.3, 0.4) is 0 Å². The predicted molar refractivity (Wildman–Crippen MR) is 116 cm³/mol. The van der Waals surface area contributed by atoms with Crippen LogP contribution in [0.5, 0.6) is 0 Å². The Balaban J connectivity index is 1.38. The zero-order chi connectivity index (χ0) is 21.3.